The van der Waals surface area contributed by atoms with Crippen LogP contribution in [0.5, 0.6) is 0 Å². The molecule has 64 valence electrons. The van der Waals surface area contributed by atoms with Crippen molar-refractivity contribution in [1.29, 1.82) is 0 Å². The standard InChI is InChI=1S/C10H12O2/c1-9(4-2-6-11)8-10-5-3-7-12-10/h3,5-8H,2,4H2,1H3/b9-8+. The quantitative estimate of drug-likeness (QED) is 0.640. The summed E-state index contributed by atoms with van der Waals surface area (Å²) < 4.78 is 5.12. The normalized spacial score (nSPS) is 11.6. The van der Waals surface area contributed by atoms with E-state index < -0.39 is 0 Å². The second-order valence-corrected chi connectivity index (χ2v) is 2.71. The number of aldehydes is 1. The van der Waals surface area contributed by atoms with Crippen LogP contribution < -0.4 is 0 Å². The molecule has 1 rings (SSSR count). The summed E-state index contributed by atoms with van der Waals surface area (Å²) in [6, 6.07) is 3.74. The van der Waals surface area contributed by atoms with E-state index in [1.165, 1.54) is 0 Å². The smallest absolute Gasteiger partial charge is 0.126 e. The van der Waals surface area contributed by atoms with Crippen LogP contribution >= 0.6 is 0 Å². The van der Waals surface area contributed by atoms with Crippen molar-refractivity contribution in [3.63, 3.8) is 0 Å². The zero-order valence-electron chi connectivity index (χ0n) is 7.12. The van der Waals surface area contributed by atoms with Crippen LogP contribution in [-0.4, -0.2) is 6.29 Å². The summed E-state index contributed by atoms with van der Waals surface area (Å²) in [7, 11) is 0. The highest BCUT2D eigenvalue weighted by Crippen LogP contribution is 2.10. The molecule has 0 saturated heterocycles. The third kappa shape index (κ3) is 2.74. The molecule has 0 fully saturated rings. The van der Waals surface area contributed by atoms with E-state index in [-0.39, 0.29) is 0 Å². The van der Waals surface area contributed by atoms with Crippen molar-refractivity contribution in [2.24, 2.45) is 0 Å². The second kappa shape index (κ2) is 4.54. The van der Waals surface area contributed by atoms with Crippen LogP contribution in [0.2, 0.25) is 0 Å². The van der Waals surface area contributed by atoms with Gasteiger partial charge in [0.1, 0.15) is 12.0 Å². The molecule has 0 atom stereocenters. The Kier molecular flexibility index (Phi) is 3.33. The minimum atomic E-state index is 0.586. The van der Waals surface area contributed by atoms with Crippen LogP contribution in [0.15, 0.2) is 28.4 Å². The molecule has 2 heteroatoms. The van der Waals surface area contributed by atoms with E-state index in [9.17, 15) is 4.79 Å². The maximum Gasteiger partial charge on any atom is 0.126 e. The molecule has 0 N–H and O–H groups in total. The van der Waals surface area contributed by atoms with Crippen LogP contribution in [0, 0.1) is 0 Å². The van der Waals surface area contributed by atoms with Gasteiger partial charge in [0, 0.05) is 6.42 Å². The molecule has 0 amide bonds. The molecule has 0 unspecified atom stereocenters. The van der Waals surface area contributed by atoms with Gasteiger partial charge in [0.2, 0.25) is 0 Å². The van der Waals surface area contributed by atoms with Crippen molar-refractivity contribution in [2.45, 2.75) is 19.8 Å². The number of furan rings is 1. The number of hydrogen-bond acceptors (Lipinski definition) is 2. The van der Waals surface area contributed by atoms with Gasteiger partial charge >= 0.3 is 0 Å². The molecule has 1 aromatic heterocycles. The van der Waals surface area contributed by atoms with Crippen molar-refractivity contribution in [3.05, 3.63) is 29.7 Å². The zero-order valence-corrected chi connectivity index (χ0v) is 7.12. The Hall–Kier alpha value is -1.31. The average molecular weight is 164 g/mol. The van der Waals surface area contributed by atoms with E-state index in [1.807, 2.05) is 25.1 Å². The van der Waals surface area contributed by atoms with Crippen LogP contribution in [0.25, 0.3) is 6.08 Å². The number of carbonyl (C=O) groups is 1. The maximum absolute atomic E-state index is 10.1. The molecule has 0 radical (unpaired) electrons. The van der Waals surface area contributed by atoms with Gasteiger partial charge in [-0.15, -0.1) is 0 Å². The summed E-state index contributed by atoms with van der Waals surface area (Å²) >= 11 is 0. The number of rotatable bonds is 4. The van der Waals surface area contributed by atoms with E-state index >= 15 is 0 Å². The predicted molar refractivity (Wildman–Crippen MR) is 47.7 cm³/mol. The molecule has 0 aromatic carbocycles. The van der Waals surface area contributed by atoms with Crippen LogP contribution in [0.4, 0.5) is 0 Å². The molecule has 0 bridgehead atoms. The van der Waals surface area contributed by atoms with E-state index in [2.05, 4.69) is 0 Å². The fourth-order valence-corrected chi connectivity index (χ4v) is 0.975. The van der Waals surface area contributed by atoms with Gasteiger partial charge in [-0.25, -0.2) is 0 Å². The van der Waals surface area contributed by atoms with E-state index in [4.69, 9.17) is 4.42 Å². The largest absolute Gasteiger partial charge is 0.465 e. The number of hydrogen-bond donors (Lipinski definition) is 0. The fraction of sp³-hybridized carbons (Fsp3) is 0.300. The van der Waals surface area contributed by atoms with Crippen LogP contribution in [0.3, 0.4) is 0 Å². The second-order valence-electron chi connectivity index (χ2n) is 2.71. The van der Waals surface area contributed by atoms with Gasteiger partial charge in [-0.3, -0.25) is 0 Å². The summed E-state index contributed by atoms with van der Waals surface area (Å²) in [5.41, 5.74) is 1.16. The third-order valence-electron chi connectivity index (χ3n) is 1.59. The van der Waals surface area contributed by atoms with Crippen molar-refractivity contribution >= 4 is 12.4 Å². The maximum atomic E-state index is 10.1. The molecule has 0 aliphatic heterocycles. The van der Waals surface area contributed by atoms with Crippen molar-refractivity contribution in [3.8, 4) is 0 Å². The predicted octanol–water partition coefficient (Wildman–Crippen LogP) is 2.66. The third-order valence-corrected chi connectivity index (χ3v) is 1.59. The summed E-state index contributed by atoms with van der Waals surface area (Å²) in [5, 5.41) is 0. The van der Waals surface area contributed by atoms with E-state index in [1.54, 1.807) is 6.26 Å². The van der Waals surface area contributed by atoms with Crippen LogP contribution in [-0.2, 0) is 4.79 Å². The van der Waals surface area contributed by atoms with E-state index in [0.29, 0.717) is 6.42 Å². The van der Waals surface area contributed by atoms with Gasteiger partial charge in [0.25, 0.3) is 0 Å². The Balaban J connectivity index is 2.51. The number of allylic oxidation sites excluding steroid dienone is 1. The molecule has 1 aromatic rings. The minimum absolute atomic E-state index is 0.586. The molecular formula is C10H12O2. The Labute approximate surface area is 71.9 Å². The van der Waals surface area contributed by atoms with Gasteiger partial charge in [0.15, 0.2) is 0 Å². The first kappa shape index (κ1) is 8.78. The Morgan fingerprint density at radius 1 is 1.67 bits per heavy atom. The molecule has 2 nitrogen and oxygen atoms in total. The van der Waals surface area contributed by atoms with Gasteiger partial charge in [-0.1, -0.05) is 5.57 Å². The lowest BCUT2D eigenvalue weighted by atomic mass is 10.1. The van der Waals surface area contributed by atoms with Gasteiger partial charge in [-0.2, -0.15) is 0 Å². The molecule has 12 heavy (non-hydrogen) atoms. The molecule has 0 aliphatic carbocycles. The average Bonchev–Trinajstić information content (AvgIpc) is 2.53. The number of carbonyl (C=O) groups excluding carboxylic acids is 1. The topological polar surface area (TPSA) is 30.2 Å². The molecule has 0 aliphatic rings. The highest BCUT2D eigenvalue weighted by molar-refractivity contribution is 5.52. The lowest BCUT2D eigenvalue weighted by molar-refractivity contribution is -0.107. The molecule has 1 heterocycles. The van der Waals surface area contributed by atoms with E-state index in [0.717, 1.165) is 24.0 Å². The van der Waals surface area contributed by atoms with Crippen molar-refractivity contribution in [1.82, 2.24) is 0 Å². The lowest BCUT2D eigenvalue weighted by Crippen LogP contribution is -1.78. The first-order chi connectivity index (χ1) is 5.83. The SMILES string of the molecule is C/C(=C\c1ccco1)CCC=O. The summed E-state index contributed by atoms with van der Waals surface area (Å²) in [5.74, 6) is 0.846. The van der Waals surface area contributed by atoms with Crippen molar-refractivity contribution in [2.75, 3.05) is 0 Å². The Morgan fingerprint density at radius 2 is 2.50 bits per heavy atom. The monoisotopic (exact) mass is 164 g/mol. The molecule has 0 spiro atoms. The zero-order chi connectivity index (χ0) is 8.81. The van der Waals surface area contributed by atoms with Gasteiger partial charge in [0.05, 0.1) is 6.26 Å². The summed E-state index contributed by atoms with van der Waals surface area (Å²) in [4.78, 5) is 10.1. The van der Waals surface area contributed by atoms with Gasteiger partial charge < -0.3 is 9.21 Å². The van der Waals surface area contributed by atoms with Crippen LogP contribution in [0.1, 0.15) is 25.5 Å². The highest BCUT2D eigenvalue weighted by Gasteiger charge is 1.92. The van der Waals surface area contributed by atoms with Crippen molar-refractivity contribution < 1.29 is 9.21 Å². The summed E-state index contributed by atoms with van der Waals surface area (Å²) in [6.07, 6.45) is 5.91. The first-order valence-electron chi connectivity index (χ1n) is 3.97. The van der Waals surface area contributed by atoms with Gasteiger partial charge in [-0.05, 0) is 31.6 Å². The Bertz CT molecular complexity index is 257. The minimum Gasteiger partial charge on any atom is -0.465 e. The summed E-state index contributed by atoms with van der Waals surface area (Å²) in [6.45, 7) is 1.99. The molecule has 0 saturated carbocycles. The Morgan fingerprint density at radius 3 is 3.08 bits per heavy atom. The highest BCUT2D eigenvalue weighted by atomic mass is 16.3. The lowest BCUT2D eigenvalue weighted by Gasteiger charge is -1.93. The fourth-order valence-electron chi connectivity index (χ4n) is 0.975. The first-order valence-corrected chi connectivity index (χ1v) is 3.97. The molecular weight excluding hydrogens is 152 g/mol.